The van der Waals surface area contributed by atoms with Crippen LogP contribution in [0.2, 0.25) is 8.67 Å². The lowest BCUT2D eigenvalue weighted by Gasteiger charge is -1.95. The highest BCUT2D eigenvalue weighted by molar-refractivity contribution is 7.85. The minimum atomic E-state index is -3.93. The summed E-state index contributed by atoms with van der Waals surface area (Å²) < 4.78 is 30.3. The van der Waals surface area contributed by atoms with Gasteiger partial charge in [0.05, 0.1) is 14.4 Å². The fraction of sp³-hybridized carbons (Fsp3) is 0.333. The van der Waals surface area contributed by atoms with Crippen LogP contribution in [0.3, 0.4) is 0 Å². The summed E-state index contributed by atoms with van der Waals surface area (Å²) in [5.74, 6) is -0.334. The Hall–Kier alpha value is 0.190. The minimum Gasteiger partial charge on any atom is -0.286 e. The van der Waals surface area contributed by atoms with Gasteiger partial charge in [-0.1, -0.05) is 23.2 Å². The highest BCUT2D eigenvalue weighted by Crippen LogP contribution is 2.31. The Labute approximate surface area is 90.0 Å². The Kier molecular flexibility index (Phi) is 3.59. The lowest BCUT2D eigenvalue weighted by molar-refractivity contribution is 0.483. The molecule has 1 N–H and O–H groups in total. The van der Waals surface area contributed by atoms with Gasteiger partial charge in [-0.05, 0) is 18.1 Å². The van der Waals surface area contributed by atoms with Gasteiger partial charge < -0.3 is 0 Å². The molecule has 0 atom stereocenters. The van der Waals surface area contributed by atoms with E-state index < -0.39 is 10.1 Å². The van der Waals surface area contributed by atoms with Crippen LogP contribution in [0.4, 0.5) is 0 Å². The molecule has 0 bridgehead atoms. The first kappa shape index (κ1) is 11.3. The summed E-state index contributed by atoms with van der Waals surface area (Å²) in [5.41, 5.74) is 0.647. The van der Waals surface area contributed by atoms with Crippen LogP contribution in [0.15, 0.2) is 6.07 Å². The maximum Gasteiger partial charge on any atom is 0.265 e. The van der Waals surface area contributed by atoms with Crippen molar-refractivity contribution in [3.05, 3.63) is 20.3 Å². The van der Waals surface area contributed by atoms with Crippen molar-refractivity contribution < 1.29 is 13.0 Å². The Morgan fingerprint density at radius 3 is 2.46 bits per heavy atom. The molecule has 74 valence electrons. The third kappa shape index (κ3) is 3.83. The zero-order valence-corrected chi connectivity index (χ0v) is 9.47. The Bertz CT molecular complexity index is 396. The van der Waals surface area contributed by atoms with Crippen molar-refractivity contribution in [2.45, 2.75) is 6.42 Å². The largest absolute Gasteiger partial charge is 0.286 e. The maximum absolute atomic E-state index is 10.4. The van der Waals surface area contributed by atoms with E-state index in [0.717, 1.165) is 0 Å². The van der Waals surface area contributed by atoms with Crippen molar-refractivity contribution in [3.8, 4) is 0 Å². The second kappa shape index (κ2) is 4.14. The van der Waals surface area contributed by atoms with Crippen LogP contribution in [0.5, 0.6) is 0 Å². The molecule has 0 fully saturated rings. The van der Waals surface area contributed by atoms with Crippen LogP contribution in [0.25, 0.3) is 0 Å². The number of hydrogen-bond acceptors (Lipinski definition) is 3. The molecule has 3 nitrogen and oxygen atoms in total. The van der Waals surface area contributed by atoms with Crippen LogP contribution < -0.4 is 0 Å². The molecule has 0 spiro atoms. The molecular weight excluding hydrogens is 255 g/mol. The summed E-state index contributed by atoms with van der Waals surface area (Å²) >= 11 is 12.5. The van der Waals surface area contributed by atoms with Crippen molar-refractivity contribution in [2.24, 2.45) is 0 Å². The van der Waals surface area contributed by atoms with Crippen molar-refractivity contribution in [1.82, 2.24) is 0 Å². The second-order valence-electron chi connectivity index (χ2n) is 2.39. The van der Waals surface area contributed by atoms with Gasteiger partial charge in [-0.3, -0.25) is 4.55 Å². The van der Waals surface area contributed by atoms with Crippen LogP contribution >= 0.6 is 34.5 Å². The third-order valence-electron chi connectivity index (χ3n) is 1.36. The quantitative estimate of drug-likeness (QED) is 0.850. The predicted molar refractivity (Wildman–Crippen MR) is 54.5 cm³/mol. The summed E-state index contributed by atoms with van der Waals surface area (Å²) in [4.78, 5) is 0. The smallest absolute Gasteiger partial charge is 0.265 e. The molecule has 1 aromatic heterocycles. The molecule has 0 aliphatic heterocycles. The van der Waals surface area contributed by atoms with E-state index in [1.165, 1.54) is 11.3 Å². The zero-order valence-electron chi connectivity index (χ0n) is 6.33. The van der Waals surface area contributed by atoms with Crippen LogP contribution in [0.1, 0.15) is 5.56 Å². The number of hydrogen-bond donors (Lipinski definition) is 1. The van der Waals surface area contributed by atoms with Gasteiger partial charge in [0.2, 0.25) is 0 Å². The number of thiophene rings is 1. The summed E-state index contributed by atoms with van der Waals surface area (Å²) in [6.45, 7) is 0. The Morgan fingerprint density at radius 1 is 1.46 bits per heavy atom. The topological polar surface area (TPSA) is 54.4 Å². The van der Waals surface area contributed by atoms with E-state index in [9.17, 15) is 8.42 Å². The fourth-order valence-corrected chi connectivity index (χ4v) is 2.81. The molecule has 0 unspecified atom stereocenters. The monoisotopic (exact) mass is 260 g/mol. The first-order chi connectivity index (χ1) is 5.88. The van der Waals surface area contributed by atoms with Crippen LogP contribution in [0, 0.1) is 0 Å². The predicted octanol–water partition coefficient (Wildman–Crippen LogP) is 2.49. The number of aryl methyl sites for hydroxylation is 1. The third-order valence-corrected chi connectivity index (χ3v) is 3.65. The average Bonchev–Trinajstić information content (AvgIpc) is 2.24. The summed E-state index contributed by atoms with van der Waals surface area (Å²) in [6.07, 6.45) is 0.181. The lowest BCUT2D eigenvalue weighted by atomic mass is 10.3. The van der Waals surface area contributed by atoms with E-state index in [2.05, 4.69) is 0 Å². The lowest BCUT2D eigenvalue weighted by Crippen LogP contribution is -2.06. The molecule has 0 aliphatic rings. The molecule has 0 saturated carbocycles. The van der Waals surface area contributed by atoms with Gasteiger partial charge in [-0.2, -0.15) is 8.42 Å². The number of rotatable bonds is 3. The number of halogens is 2. The molecule has 0 radical (unpaired) electrons. The van der Waals surface area contributed by atoms with Crippen molar-refractivity contribution in [2.75, 3.05) is 5.75 Å². The molecule has 1 aromatic rings. The highest BCUT2D eigenvalue weighted by Gasteiger charge is 2.10. The highest BCUT2D eigenvalue weighted by atomic mass is 35.5. The van der Waals surface area contributed by atoms with Gasteiger partial charge in [-0.25, -0.2) is 0 Å². The van der Waals surface area contributed by atoms with E-state index in [-0.39, 0.29) is 12.2 Å². The maximum atomic E-state index is 10.4. The van der Waals surface area contributed by atoms with E-state index >= 15 is 0 Å². The van der Waals surface area contributed by atoms with Crippen LogP contribution in [-0.2, 0) is 16.5 Å². The van der Waals surface area contributed by atoms with Crippen LogP contribution in [-0.4, -0.2) is 18.7 Å². The van der Waals surface area contributed by atoms with Crippen molar-refractivity contribution in [1.29, 1.82) is 0 Å². The average molecular weight is 261 g/mol. The molecule has 13 heavy (non-hydrogen) atoms. The van der Waals surface area contributed by atoms with E-state index in [1.807, 2.05) is 0 Å². The normalized spacial score (nSPS) is 11.9. The minimum absolute atomic E-state index is 0.181. The van der Waals surface area contributed by atoms with Crippen molar-refractivity contribution in [3.63, 3.8) is 0 Å². The van der Waals surface area contributed by atoms with Gasteiger partial charge in [0.1, 0.15) is 0 Å². The Balaban J connectivity index is 2.70. The second-order valence-corrected chi connectivity index (χ2v) is 6.24. The fourth-order valence-electron chi connectivity index (χ4n) is 0.784. The molecule has 0 aromatic carbocycles. The molecule has 0 amide bonds. The van der Waals surface area contributed by atoms with Gasteiger partial charge in [-0.15, -0.1) is 11.3 Å². The molecule has 1 rings (SSSR count). The molecule has 7 heteroatoms. The molecular formula is C6H6Cl2O3S2. The van der Waals surface area contributed by atoms with Crippen molar-refractivity contribution >= 4 is 44.7 Å². The van der Waals surface area contributed by atoms with Gasteiger partial charge >= 0.3 is 0 Å². The molecule has 0 saturated heterocycles. The zero-order chi connectivity index (χ0) is 10.1. The summed E-state index contributed by atoms with van der Waals surface area (Å²) in [7, 11) is -3.93. The molecule has 0 aliphatic carbocycles. The van der Waals surface area contributed by atoms with Gasteiger partial charge in [0, 0.05) is 0 Å². The van der Waals surface area contributed by atoms with E-state index in [0.29, 0.717) is 14.2 Å². The standard InChI is InChI=1S/C6H6Cl2O3S2/c7-5-3-4(6(8)12-5)1-2-13(9,10)11/h3H,1-2H2,(H,9,10,11). The Morgan fingerprint density at radius 2 is 2.08 bits per heavy atom. The van der Waals surface area contributed by atoms with Gasteiger partial charge in [0.25, 0.3) is 10.1 Å². The van der Waals surface area contributed by atoms with Gasteiger partial charge in [0.15, 0.2) is 0 Å². The summed E-state index contributed by atoms with van der Waals surface area (Å²) in [5, 5.41) is 0. The van der Waals surface area contributed by atoms with E-state index in [4.69, 9.17) is 27.8 Å². The first-order valence-corrected chi connectivity index (χ1v) is 6.45. The summed E-state index contributed by atoms with van der Waals surface area (Å²) in [6, 6.07) is 1.60. The SMILES string of the molecule is O=S(=O)(O)CCc1cc(Cl)sc1Cl. The molecule has 1 heterocycles. The first-order valence-electron chi connectivity index (χ1n) is 3.27. The van der Waals surface area contributed by atoms with E-state index in [1.54, 1.807) is 6.07 Å².